The quantitative estimate of drug-likeness (QED) is 0.844. The zero-order valence-corrected chi connectivity index (χ0v) is 13.4. The third-order valence-corrected chi connectivity index (χ3v) is 3.90. The van der Waals surface area contributed by atoms with E-state index in [1.54, 1.807) is 6.92 Å². The number of ether oxygens (including phenoxy) is 1. The summed E-state index contributed by atoms with van der Waals surface area (Å²) < 4.78 is 5.91. The molecule has 21 heavy (non-hydrogen) atoms. The van der Waals surface area contributed by atoms with Crippen LogP contribution in [-0.2, 0) is 4.79 Å². The van der Waals surface area contributed by atoms with E-state index in [9.17, 15) is 4.79 Å². The monoisotopic (exact) mass is 290 g/mol. The summed E-state index contributed by atoms with van der Waals surface area (Å²) in [7, 11) is 0. The Kier molecular flexibility index (Phi) is 5.23. The van der Waals surface area contributed by atoms with Gasteiger partial charge in [-0.3, -0.25) is 4.79 Å². The Bertz CT molecular complexity index is 496. The molecule has 1 aliphatic rings. The highest BCUT2D eigenvalue weighted by atomic mass is 16.5. The van der Waals surface area contributed by atoms with Crippen LogP contribution in [-0.4, -0.2) is 31.6 Å². The fraction of sp³-hybridized carbons (Fsp3) is 0.588. The summed E-state index contributed by atoms with van der Waals surface area (Å²) in [5.74, 6) is 1.71. The first-order valence-corrected chi connectivity index (χ1v) is 7.73. The smallest absolute Gasteiger partial charge is 0.260 e. The molecule has 1 aliphatic heterocycles. The molecule has 0 spiro atoms. The first-order chi connectivity index (χ1) is 9.97. The molecule has 0 saturated carbocycles. The molecule has 0 bridgehead atoms. The molecule has 116 valence electrons. The summed E-state index contributed by atoms with van der Waals surface area (Å²) in [6.07, 6.45) is -0.475. The van der Waals surface area contributed by atoms with Crippen molar-refractivity contribution >= 4 is 5.91 Å². The van der Waals surface area contributed by atoms with Crippen LogP contribution in [0.4, 0.5) is 0 Å². The predicted molar refractivity (Wildman–Crippen MR) is 84.7 cm³/mol. The van der Waals surface area contributed by atoms with Gasteiger partial charge >= 0.3 is 0 Å². The molecule has 1 saturated heterocycles. The molecule has 4 heteroatoms. The largest absolute Gasteiger partial charge is 0.481 e. The van der Waals surface area contributed by atoms with Gasteiger partial charge in [-0.1, -0.05) is 26.0 Å². The normalized spacial score (nSPS) is 16.4. The van der Waals surface area contributed by atoms with Crippen molar-refractivity contribution in [2.75, 3.05) is 19.6 Å². The zero-order chi connectivity index (χ0) is 15.4. The summed E-state index contributed by atoms with van der Waals surface area (Å²) in [5.41, 5.74) is 2.28. The van der Waals surface area contributed by atoms with E-state index >= 15 is 0 Å². The molecule has 1 heterocycles. The van der Waals surface area contributed by atoms with E-state index in [0.29, 0.717) is 11.8 Å². The van der Waals surface area contributed by atoms with E-state index in [1.807, 2.05) is 13.0 Å². The lowest BCUT2D eigenvalue weighted by molar-refractivity contribution is -0.127. The topological polar surface area (TPSA) is 50.4 Å². The second-order valence-corrected chi connectivity index (χ2v) is 6.23. The van der Waals surface area contributed by atoms with Crippen LogP contribution in [0.25, 0.3) is 0 Å². The Balaban J connectivity index is 1.95. The van der Waals surface area contributed by atoms with Gasteiger partial charge in [-0.25, -0.2) is 0 Å². The lowest BCUT2D eigenvalue weighted by Crippen LogP contribution is -2.49. The summed E-state index contributed by atoms with van der Waals surface area (Å²) >= 11 is 0. The molecule has 2 rings (SSSR count). The molecule has 1 amide bonds. The minimum absolute atomic E-state index is 0.0434. The van der Waals surface area contributed by atoms with E-state index in [2.05, 4.69) is 36.6 Å². The molecule has 0 aliphatic carbocycles. The number of hydrogen-bond acceptors (Lipinski definition) is 3. The first-order valence-electron chi connectivity index (χ1n) is 7.73. The zero-order valence-electron chi connectivity index (χ0n) is 13.4. The maximum atomic E-state index is 12.1. The van der Waals surface area contributed by atoms with Crippen molar-refractivity contribution in [1.29, 1.82) is 0 Å². The van der Waals surface area contributed by atoms with Gasteiger partial charge in [-0.05, 0) is 37.0 Å². The molecule has 0 aromatic heterocycles. The number of aryl methyl sites for hydroxylation is 1. The molecular weight excluding hydrogens is 264 g/mol. The Labute approximate surface area is 127 Å². The highest BCUT2D eigenvalue weighted by molar-refractivity contribution is 5.80. The van der Waals surface area contributed by atoms with Crippen LogP contribution in [0.15, 0.2) is 18.2 Å². The standard InChI is InChI=1S/C17H26N2O2/c1-11(2)15-6-5-12(3)7-16(15)21-13(4)17(20)19-10-14-8-18-9-14/h5-7,11,13-14,18H,8-10H2,1-4H3,(H,19,20). The van der Waals surface area contributed by atoms with Crippen LogP contribution in [0.1, 0.15) is 37.8 Å². The third kappa shape index (κ3) is 4.21. The molecule has 4 nitrogen and oxygen atoms in total. The van der Waals surface area contributed by atoms with Crippen molar-refractivity contribution < 1.29 is 9.53 Å². The van der Waals surface area contributed by atoms with Crippen LogP contribution in [0.3, 0.4) is 0 Å². The Morgan fingerprint density at radius 1 is 1.38 bits per heavy atom. The molecule has 1 aromatic rings. The molecule has 2 N–H and O–H groups in total. The van der Waals surface area contributed by atoms with Crippen molar-refractivity contribution in [3.63, 3.8) is 0 Å². The van der Waals surface area contributed by atoms with Crippen LogP contribution in [0.2, 0.25) is 0 Å². The van der Waals surface area contributed by atoms with E-state index < -0.39 is 6.10 Å². The van der Waals surface area contributed by atoms with Gasteiger partial charge in [0.2, 0.25) is 0 Å². The maximum Gasteiger partial charge on any atom is 0.260 e. The van der Waals surface area contributed by atoms with Crippen molar-refractivity contribution in [2.45, 2.75) is 39.7 Å². The number of rotatable bonds is 6. The van der Waals surface area contributed by atoms with E-state index in [0.717, 1.165) is 36.5 Å². The molecule has 1 atom stereocenters. The van der Waals surface area contributed by atoms with E-state index in [4.69, 9.17) is 4.74 Å². The maximum absolute atomic E-state index is 12.1. The van der Waals surface area contributed by atoms with Gasteiger partial charge < -0.3 is 15.4 Å². The molecular formula is C17H26N2O2. The van der Waals surface area contributed by atoms with Gasteiger partial charge in [0.25, 0.3) is 5.91 Å². The molecule has 1 aromatic carbocycles. The highest BCUT2D eigenvalue weighted by Gasteiger charge is 2.21. The minimum Gasteiger partial charge on any atom is -0.481 e. The number of nitrogens with one attached hydrogen (secondary N) is 2. The lowest BCUT2D eigenvalue weighted by Gasteiger charge is -2.27. The average molecular weight is 290 g/mol. The number of benzene rings is 1. The lowest BCUT2D eigenvalue weighted by atomic mass is 10.0. The van der Waals surface area contributed by atoms with Crippen molar-refractivity contribution in [3.8, 4) is 5.75 Å². The fourth-order valence-corrected chi connectivity index (χ4v) is 2.35. The van der Waals surface area contributed by atoms with E-state index in [-0.39, 0.29) is 5.91 Å². The van der Waals surface area contributed by atoms with Gasteiger partial charge in [0.15, 0.2) is 6.10 Å². The van der Waals surface area contributed by atoms with Crippen molar-refractivity contribution in [2.24, 2.45) is 5.92 Å². The third-order valence-electron chi connectivity index (χ3n) is 3.90. The van der Waals surface area contributed by atoms with Gasteiger partial charge in [0.1, 0.15) is 5.75 Å². The summed E-state index contributed by atoms with van der Waals surface area (Å²) in [5, 5.41) is 6.16. The van der Waals surface area contributed by atoms with E-state index in [1.165, 1.54) is 0 Å². The highest BCUT2D eigenvalue weighted by Crippen LogP contribution is 2.28. The van der Waals surface area contributed by atoms with Crippen LogP contribution >= 0.6 is 0 Å². The van der Waals surface area contributed by atoms with Gasteiger partial charge in [-0.15, -0.1) is 0 Å². The van der Waals surface area contributed by atoms with Crippen molar-refractivity contribution in [3.05, 3.63) is 29.3 Å². The summed E-state index contributed by atoms with van der Waals surface area (Å²) in [4.78, 5) is 12.1. The second kappa shape index (κ2) is 6.94. The Morgan fingerprint density at radius 3 is 2.67 bits per heavy atom. The second-order valence-electron chi connectivity index (χ2n) is 6.23. The van der Waals surface area contributed by atoms with Crippen LogP contribution < -0.4 is 15.4 Å². The number of amides is 1. The molecule has 0 radical (unpaired) electrons. The summed E-state index contributed by atoms with van der Waals surface area (Å²) in [6, 6.07) is 6.17. The SMILES string of the molecule is Cc1ccc(C(C)C)c(OC(C)C(=O)NCC2CNC2)c1. The van der Waals surface area contributed by atoms with Crippen LogP contribution in [0, 0.1) is 12.8 Å². The minimum atomic E-state index is -0.475. The first kappa shape index (κ1) is 15.8. The van der Waals surface area contributed by atoms with Crippen molar-refractivity contribution in [1.82, 2.24) is 10.6 Å². The molecule has 1 unspecified atom stereocenters. The number of hydrogen-bond donors (Lipinski definition) is 2. The number of carbonyl (C=O) groups excluding carboxylic acids is 1. The Morgan fingerprint density at radius 2 is 2.10 bits per heavy atom. The van der Waals surface area contributed by atoms with Crippen LogP contribution in [0.5, 0.6) is 5.75 Å². The van der Waals surface area contributed by atoms with Gasteiger partial charge in [0, 0.05) is 25.6 Å². The Hall–Kier alpha value is -1.55. The molecule has 1 fully saturated rings. The van der Waals surface area contributed by atoms with Gasteiger partial charge in [-0.2, -0.15) is 0 Å². The number of carbonyl (C=O) groups is 1. The summed E-state index contributed by atoms with van der Waals surface area (Å²) in [6.45, 7) is 10.8. The van der Waals surface area contributed by atoms with Gasteiger partial charge in [0.05, 0.1) is 0 Å². The average Bonchev–Trinajstić information content (AvgIpc) is 2.36. The predicted octanol–water partition coefficient (Wildman–Crippen LogP) is 2.22. The fourth-order valence-electron chi connectivity index (χ4n) is 2.35.